The molecule has 0 saturated heterocycles. The zero-order valence-electron chi connectivity index (χ0n) is 10.7. The summed E-state index contributed by atoms with van der Waals surface area (Å²) in [7, 11) is 0. The van der Waals surface area contributed by atoms with E-state index in [9.17, 15) is 13.6 Å². The number of halogens is 3. The highest BCUT2D eigenvalue weighted by molar-refractivity contribution is 9.10. The van der Waals surface area contributed by atoms with Crippen molar-refractivity contribution >= 4 is 32.7 Å². The molecule has 3 aromatic rings. The molecule has 0 atom stereocenters. The second kappa shape index (κ2) is 5.37. The molecule has 0 aliphatic heterocycles. The lowest BCUT2D eigenvalue weighted by Gasteiger charge is -2.07. The summed E-state index contributed by atoms with van der Waals surface area (Å²) in [4.78, 5) is 16.3. The topological polar surface area (TPSA) is 34.9 Å². The van der Waals surface area contributed by atoms with Crippen LogP contribution in [0.15, 0.2) is 47.2 Å². The molecule has 0 spiro atoms. The number of Topliss-reactive ketones (excluding diaryl/α,β-unsaturated/α-hetero) is 1. The van der Waals surface area contributed by atoms with Gasteiger partial charge in [-0.15, -0.1) is 0 Å². The van der Waals surface area contributed by atoms with Crippen LogP contribution in [-0.2, 0) is 6.54 Å². The van der Waals surface area contributed by atoms with Gasteiger partial charge in [0.1, 0.15) is 5.82 Å². The molecule has 0 unspecified atom stereocenters. The third kappa shape index (κ3) is 2.47. The van der Waals surface area contributed by atoms with Gasteiger partial charge < -0.3 is 4.57 Å². The van der Waals surface area contributed by atoms with Crippen LogP contribution in [0.1, 0.15) is 10.4 Å². The normalized spacial score (nSPS) is 11.0. The molecule has 0 amide bonds. The molecule has 21 heavy (non-hydrogen) atoms. The van der Waals surface area contributed by atoms with Crippen LogP contribution in [0.25, 0.3) is 11.0 Å². The van der Waals surface area contributed by atoms with E-state index in [0.717, 1.165) is 17.1 Å². The lowest BCUT2D eigenvalue weighted by molar-refractivity contribution is 0.0965. The van der Waals surface area contributed by atoms with E-state index in [4.69, 9.17) is 0 Å². The van der Waals surface area contributed by atoms with E-state index in [1.165, 1.54) is 12.4 Å². The smallest absolute Gasteiger partial charge is 0.188 e. The molecule has 6 heteroatoms. The quantitative estimate of drug-likeness (QED) is 0.529. The van der Waals surface area contributed by atoms with Crippen LogP contribution in [-0.4, -0.2) is 15.3 Å². The number of fused-ring (bicyclic) bond motifs is 1. The van der Waals surface area contributed by atoms with E-state index >= 15 is 0 Å². The van der Waals surface area contributed by atoms with Crippen molar-refractivity contribution in [2.45, 2.75) is 6.54 Å². The largest absolute Gasteiger partial charge is 0.323 e. The SMILES string of the molecule is O=C(Cn1cnc2ccccc21)c1c(F)ccc(Br)c1F. The monoisotopic (exact) mass is 350 g/mol. The first-order valence-corrected chi connectivity index (χ1v) is 6.94. The molecule has 1 aromatic heterocycles. The molecule has 106 valence electrons. The Bertz CT molecular complexity index is 845. The molecule has 0 fully saturated rings. The fourth-order valence-electron chi connectivity index (χ4n) is 2.15. The van der Waals surface area contributed by atoms with Crippen molar-refractivity contribution in [2.75, 3.05) is 0 Å². The fourth-order valence-corrected chi connectivity index (χ4v) is 2.48. The number of hydrogen-bond donors (Lipinski definition) is 0. The molecule has 1 heterocycles. The summed E-state index contributed by atoms with van der Waals surface area (Å²) in [5, 5.41) is 0. The standard InChI is InChI=1S/C15H9BrF2N2O/c16-9-5-6-10(17)14(15(9)18)13(21)7-20-8-19-11-3-1-2-4-12(11)20/h1-6,8H,7H2. The van der Waals surface area contributed by atoms with Gasteiger partial charge in [0.15, 0.2) is 11.6 Å². The molecule has 0 N–H and O–H groups in total. The van der Waals surface area contributed by atoms with Crippen LogP contribution in [0.3, 0.4) is 0 Å². The number of ketones is 1. The Hall–Kier alpha value is -2.08. The van der Waals surface area contributed by atoms with Gasteiger partial charge in [0, 0.05) is 0 Å². The van der Waals surface area contributed by atoms with E-state index in [1.54, 1.807) is 16.7 Å². The van der Waals surface area contributed by atoms with Crippen molar-refractivity contribution in [2.24, 2.45) is 0 Å². The first-order chi connectivity index (χ1) is 10.1. The number of carbonyl (C=O) groups excluding carboxylic acids is 1. The number of rotatable bonds is 3. The van der Waals surface area contributed by atoms with Gasteiger partial charge in [0.05, 0.1) is 33.9 Å². The molecule has 0 radical (unpaired) electrons. The second-order valence-corrected chi connectivity index (χ2v) is 5.36. The Kier molecular flexibility index (Phi) is 3.55. The van der Waals surface area contributed by atoms with Gasteiger partial charge in [0.2, 0.25) is 0 Å². The van der Waals surface area contributed by atoms with Gasteiger partial charge in [-0.2, -0.15) is 0 Å². The Morgan fingerprint density at radius 2 is 1.95 bits per heavy atom. The lowest BCUT2D eigenvalue weighted by atomic mass is 10.1. The average Bonchev–Trinajstić information content (AvgIpc) is 2.87. The van der Waals surface area contributed by atoms with Gasteiger partial charge in [-0.25, -0.2) is 13.8 Å². The molecular formula is C15H9BrF2N2O. The third-order valence-electron chi connectivity index (χ3n) is 3.16. The zero-order valence-corrected chi connectivity index (χ0v) is 12.3. The van der Waals surface area contributed by atoms with Crippen molar-refractivity contribution in [1.29, 1.82) is 0 Å². The Labute approximate surface area is 127 Å². The first-order valence-electron chi connectivity index (χ1n) is 6.14. The number of hydrogen-bond acceptors (Lipinski definition) is 2. The highest BCUT2D eigenvalue weighted by Gasteiger charge is 2.20. The maximum absolute atomic E-state index is 13.9. The highest BCUT2D eigenvalue weighted by atomic mass is 79.9. The fraction of sp³-hybridized carbons (Fsp3) is 0.0667. The molecule has 3 nitrogen and oxygen atoms in total. The summed E-state index contributed by atoms with van der Waals surface area (Å²) >= 11 is 2.95. The summed E-state index contributed by atoms with van der Waals surface area (Å²) < 4.78 is 29.3. The van der Waals surface area contributed by atoms with E-state index < -0.39 is 23.0 Å². The van der Waals surface area contributed by atoms with Crippen LogP contribution in [0, 0.1) is 11.6 Å². The number of benzene rings is 2. The van der Waals surface area contributed by atoms with E-state index in [-0.39, 0.29) is 11.0 Å². The number of para-hydroxylation sites is 2. The van der Waals surface area contributed by atoms with Gasteiger partial charge in [-0.3, -0.25) is 4.79 Å². The van der Waals surface area contributed by atoms with E-state index in [0.29, 0.717) is 0 Å². The molecular weight excluding hydrogens is 342 g/mol. The molecule has 0 saturated carbocycles. The zero-order chi connectivity index (χ0) is 15.0. The third-order valence-corrected chi connectivity index (χ3v) is 3.78. The van der Waals surface area contributed by atoms with E-state index in [2.05, 4.69) is 20.9 Å². The average molecular weight is 351 g/mol. The minimum absolute atomic E-state index is 0.0581. The summed E-state index contributed by atoms with van der Waals surface area (Å²) in [6, 6.07) is 9.53. The van der Waals surface area contributed by atoms with Crippen LogP contribution in [0.4, 0.5) is 8.78 Å². The van der Waals surface area contributed by atoms with Crippen molar-refractivity contribution in [3.63, 3.8) is 0 Å². The molecule has 0 aliphatic rings. The van der Waals surface area contributed by atoms with Gasteiger partial charge in [0.25, 0.3) is 0 Å². The Balaban J connectivity index is 1.99. The minimum atomic E-state index is -0.885. The van der Waals surface area contributed by atoms with Gasteiger partial charge in [-0.1, -0.05) is 12.1 Å². The van der Waals surface area contributed by atoms with Crippen LogP contribution >= 0.6 is 15.9 Å². The number of aromatic nitrogens is 2. The predicted octanol–water partition coefficient (Wildman–Crippen LogP) is 3.96. The van der Waals surface area contributed by atoms with Crippen molar-refractivity contribution < 1.29 is 13.6 Å². The van der Waals surface area contributed by atoms with Crippen molar-refractivity contribution in [3.8, 4) is 0 Å². The highest BCUT2D eigenvalue weighted by Crippen LogP contribution is 2.23. The summed E-state index contributed by atoms with van der Waals surface area (Å²) in [6.45, 7) is -0.176. The van der Waals surface area contributed by atoms with Crippen molar-refractivity contribution in [3.05, 3.63) is 64.4 Å². The molecule has 0 bridgehead atoms. The summed E-state index contributed by atoms with van der Waals surface area (Å²) in [5.41, 5.74) is 0.921. The minimum Gasteiger partial charge on any atom is -0.323 e. The second-order valence-electron chi connectivity index (χ2n) is 4.50. The van der Waals surface area contributed by atoms with Gasteiger partial charge in [-0.05, 0) is 40.2 Å². The van der Waals surface area contributed by atoms with Crippen molar-refractivity contribution in [1.82, 2.24) is 9.55 Å². The predicted molar refractivity (Wildman–Crippen MR) is 78.1 cm³/mol. The maximum atomic E-state index is 13.9. The number of nitrogens with zero attached hydrogens (tertiary/aromatic N) is 2. The molecule has 2 aromatic carbocycles. The number of imidazole rings is 1. The molecule has 3 rings (SSSR count). The summed E-state index contributed by atoms with van der Waals surface area (Å²) in [5.74, 6) is -2.40. The van der Waals surface area contributed by atoms with Crippen LogP contribution in [0.5, 0.6) is 0 Å². The maximum Gasteiger partial charge on any atom is 0.188 e. The Morgan fingerprint density at radius 3 is 2.76 bits per heavy atom. The van der Waals surface area contributed by atoms with Gasteiger partial charge >= 0.3 is 0 Å². The lowest BCUT2D eigenvalue weighted by Crippen LogP contribution is -2.13. The van der Waals surface area contributed by atoms with Crippen LogP contribution < -0.4 is 0 Å². The number of carbonyl (C=O) groups is 1. The molecule has 0 aliphatic carbocycles. The first kappa shape index (κ1) is 13.9. The summed E-state index contributed by atoms with van der Waals surface area (Å²) in [6.07, 6.45) is 1.48. The van der Waals surface area contributed by atoms with Crippen LogP contribution in [0.2, 0.25) is 0 Å². The van der Waals surface area contributed by atoms with E-state index in [1.807, 2.05) is 12.1 Å². The Morgan fingerprint density at radius 1 is 1.19 bits per heavy atom.